The number of amides is 1. The number of fused-ring (bicyclic) bond motifs is 2. The maximum atomic E-state index is 15.0. The normalized spacial score (nSPS) is 21.3. The smallest absolute Gasteiger partial charge is 0.497 e. The van der Waals surface area contributed by atoms with E-state index in [1.165, 1.54) is 31.4 Å². The van der Waals surface area contributed by atoms with Gasteiger partial charge in [-0.1, -0.05) is 12.1 Å². The Labute approximate surface area is 220 Å². The predicted octanol–water partition coefficient (Wildman–Crippen LogP) is 5.27. The number of aromatic carboxylic acids is 1. The number of halogens is 3. The number of hydrogen-bond acceptors (Lipinski definition) is 6. The lowest BCUT2D eigenvalue weighted by atomic mass is 9.90. The second-order valence-electron chi connectivity index (χ2n) is 9.72. The molecule has 202 valence electrons. The van der Waals surface area contributed by atoms with Crippen molar-refractivity contribution in [3.8, 4) is 23.0 Å². The quantitative estimate of drug-likeness (QED) is 0.439. The minimum atomic E-state index is -3.76. The number of nitrogens with one attached hydrogen (secondary N) is 1. The maximum Gasteiger partial charge on any atom is 0.586 e. The Bertz CT molecular complexity index is 1500. The molecular weight excluding hydrogens is 519 g/mol. The summed E-state index contributed by atoms with van der Waals surface area (Å²) in [4.78, 5) is 24.9. The third-order valence-electron chi connectivity index (χ3n) is 7.35. The fraction of sp³-hybridized carbons (Fsp3) is 0.286. The first kappa shape index (κ1) is 24.9. The number of carboxylic acid groups (broad SMARTS) is 1. The van der Waals surface area contributed by atoms with Crippen LogP contribution in [0.15, 0.2) is 54.6 Å². The number of benzene rings is 3. The molecule has 1 amide bonds. The Morgan fingerprint density at radius 1 is 0.974 bits per heavy atom. The standard InChI is InChI=1S/C28H22F3NO7/c1-36-16-4-6-18-20(13-23(37-22(18)12-16)17-5-2-14(25(33)34)10-19(17)29)32-26(35)27(8-9-27)15-3-7-21-24(11-15)39-28(30,31)38-21/h2-7,10-12,20,23H,8-9,13H2,1H3,(H,32,35)(H,33,34)/t20-,23-/m1/s1. The first-order valence-corrected chi connectivity index (χ1v) is 12.2. The van der Waals surface area contributed by atoms with Crippen LogP contribution in [0.1, 0.15) is 58.5 Å². The van der Waals surface area contributed by atoms with E-state index in [4.69, 9.17) is 9.47 Å². The van der Waals surface area contributed by atoms with Gasteiger partial charge in [0.15, 0.2) is 11.5 Å². The summed E-state index contributed by atoms with van der Waals surface area (Å²) in [6.07, 6.45) is -3.43. The molecule has 11 heteroatoms. The number of rotatable bonds is 6. The van der Waals surface area contributed by atoms with Crippen LogP contribution in [0.25, 0.3) is 0 Å². The minimum Gasteiger partial charge on any atom is -0.497 e. The molecule has 2 N–H and O–H groups in total. The van der Waals surface area contributed by atoms with Gasteiger partial charge in [0.2, 0.25) is 5.91 Å². The zero-order valence-electron chi connectivity index (χ0n) is 20.5. The molecule has 1 aliphatic carbocycles. The molecule has 39 heavy (non-hydrogen) atoms. The van der Waals surface area contributed by atoms with E-state index in [9.17, 15) is 27.9 Å². The van der Waals surface area contributed by atoms with Crippen molar-refractivity contribution in [2.45, 2.75) is 43.1 Å². The first-order valence-electron chi connectivity index (χ1n) is 12.2. The lowest BCUT2D eigenvalue weighted by molar-refractivity contribution is -0.286. The lowest BCUT2D eigenvalue weighted by Gasteiger charge is -2.34. The zero-order chi connectivity index (χ0) is 27.5. The average Bonchev–Trinajstić information content (AvgIpc) is 3.65. The molecular formula is C28H22F3NO7. The largest absolute Gasteiger partial charge is 0.586 e. The highest BCUT2D eigenvalue weighted by molar-refractivity contribution is 5.92. The van der Waals surface area contributed by atoms with Crippen LogP contribution in [0.2, 0.25) is 0 Å². The molecule has 2 aliphatic heterocycles. The van der Waals surface area contributed by atoms with Crippen LogP contribution in [0.4, 0.5) is 13.2 Å². The Morgan fingerprint density at radius 3 is 2.41 bits per heavy atom. The van der Waals surface area contributed by atoms with Crippen LogP contribution in [-0.4, -0.2) is 30.4 Å². The van der Waals surface area contributed by atoms with E-state index in [1.807, 2.05) is 0 Å². The van der Waals surface area contributed by atoms with Crippen LogP contribution < -0.4 is 24.3 Å². The van der Waals surface area contributed by atoms with Crippen LogP contribution in [0, 0.1) is 5.82 Å². The van der Waals surface area contributed by atoms with Crippen LogP contribution in [-0.2, 0) is 10.2 Å². The molecule has 8 nitrogen and oxygen atoms in total. The number of carbonyl (C=O) groups excluding carboxylic acids is 1. The molecule has 3 aromatic rings. The van der Waals surface area contributed by atoms with E-state index in [2.05, 4.69) is 14.8 Å². The molecule has 0 radical (unpaired) electrons. The molecule has 0 saturated heterocycles. The summed E-state index contributed by atoms with van der Waals surface area (Å²) >= 11 is 0. The highest BCUT2D eigenvalue weighted by Crippen LogP contribution is 2.53. The average molecular weight is 541 g/mol. The number of ether oxygens (including phenoxy) is 4. The molecule has 3 aliphatic rings. The predicted molar refractivity (Wildman–Crippen MR) is 129 cm³/mol. The van der Waals surface area contributed by atoms with E-state index in [-0.39, 0.29) is 35.0 Å². The van der Waals surface area contributed by atoms with Gasteiger partial charge in [-0.2, -0.15) is 0 Å². The van der Waals surface area contributed by atoms with Gasteiger partial charge in [-0.05, 0) is 54.8 Å². The molecule has 3 aromatic carbocycles. The molecule has 0 bridgehead atoms. The molecule has 6 rings (SSSR count). The number of methoxy groups -OCH3 is 1. The van der Waals surface area contributed by atoms with E-state index in [1.54, 1.807) is 24.3 Å². The van der Waals surface area contributed by atoms with Crippen molar-refractivity contribution in [1.82, 2.24) is 5.32 Å². The van der Waals surface area contributed by atoms with E-state index in [0.717, 1.165) is 6.07 Å². The van der Waals surface area contributed by atoms with E-state index >= 15 is 0 Å². The van der Waals surface area contributed by atoms with Gasteiger partial charge in [0, 0.05) is 23.6 Å². The van der Waals surface area contributed by atoms with Crippen molar-refractivity contribution in [2.75, 3.05) is 7.11 Å². The summed E-state index contributed by atoms with van der Waals surface area (Å²) in [6, 6.07) is 12.4. The van der Waals surface area contributed by atoms with Gasteiger partial charge in [0.1, 0.15) is 23.4 Å². The van der Waals surface area contributed by atoms with Gasteiger partial charge in [0.05, 0.1) is 24.1 Å². The molecule has 2 atom stereocenters. The van der Waals surface area contributed by atoms with Crippen molar-refractivity contribution in [2.24, 2.45) is 0 Å². The van der Waals surface area contributed by atoms with Crippen molar-refractivity contribution in [1.29, 1.82) is 0 Å². The molecule has 0 aromatic heterocycles. The van der Waals surface area contributed by atoms with Gasteiger partial charge in [-0.15, -0.1) is 8.78 Å². The van der Waals surface area contributed by atoms with Gasteiger partial charge in [0.25, 0.3) is 0 Å². The number of alkyl halides is 2. The number of hydrogen-bond donors (Lipinski definition) is 2. The van der Waals surface area contributed by atoms with Crippen molar-refractivity contribution < 1.29 is 46.8 Å². The highest BCUT2D eigenvalue weighted by Gasteiger charge is 2.53. The Kier molecular flexibility index (Phi) is 5.63. The second-order valence-corrected chi connectivity index (χ2v) is 9.72. The van der Waals surface area contributed by atoms with E-state index < -0.39 is 35.6 Å². The highest BCUT2D eigenvalue weighted by atomic mass is 19.3. The van der Waals surface area contributed by atoms with Crippen LogP contribution in [0.5, 0.6) is 23.0 Å². The fourth-order valence-electron chi connectivity index (χ4n) is 5.14. The van der Waals surface area contributed by atoms with Gasteiger partial charge in [-0.25, -0.2) is 9.18 Å². The van der Waals surface area contributed by atoms with Gasteiger partial charge >= 0.3 is 12.3 Å². The number of carbonyl (C=O) groups is 2. The van der Waals surface area contributed by atoms with E-state index in [0.29, 0.717) is 35.5 Å². The summed E-state index contributed by atoms with van der Waals surface area (Å²) in [7, 11) is 1.49. The van der Waals surface area contributed by atoms with Crippen molar-refractivity contribution in [3.63, 3.8) is 0 Å². The molecule has 1 saturated carbocycles. The SMILES string of the molecule is COc1ccc2c(c1)O[C@@H](c1ccc(C(=O)O)cc1F)C[C@H]2NC(=O)C1(c2ccc3c(c2)OC(F)(F)O3)CC1. The zero-order valence-corrected chi connectivity index (χ0v) is 20.5. The van der Waals surface area contributed by atoms with Gasteiger partial charge in [-0.3, -0.25) is 4.79 Å². The summed E-state index contributed by atoms with van der Waals surface area (Å²) in [5.41, 5.74) is 0.185. The fourth-order valence-corrected chi connectivity index (χ4v) is 5.14. The summed E-state index contributed by atoms with van der Waals surface area (Å²) in [5, 5.41) is 12.2. The lowest BCUT2D eigenvalue weighted by Crippen LogP contribution is -2.39. The molecule has 0 unspecified atom stereocenters. The van der Waals surface area contributed by atoms with Crippen molar-refractivity contribution in [3.05, 3.63) is 82.7 Å². The Balaban J connectivity index is 1.30. The molecule has 1 fully saturated rings. The van der Waals surface area contributed by atoms with Gasteiger partial charge < -0.3 is 29.4 Å². The van der Waals surface area contributed by atoms with Crippen molar-refractivity contribution >= 4 is 11.9 Å². The monoisotopic (exact) mass is 541 g/mol. The molecule has 2 heterocycles. The Morgan fingerprint density at radius 2 is 1.72 bits per heavy atom. The third-order valence-corrected chi connectivity index (χ3v) is 7.35. The minimum absolute atomic E-state index is 0.106. The first-order chi connectivity index (χ1) is 18.6. The van der Waals surface area contributed by atoms with Crippen LogP contribution >= 0.6 is 0 Å². The second kappa shape index (κ2) is 8.82. The third kappa shape index (κ3) is 4.37. The van der Waals surface area contributed by atoms with Crippen LogP contribution in [0.3, 0.4) is 0 Å². The number of carboxylic acids is 1. The summed E-state index contributed by atoms with van der Waals surface area (Å²) in [5.74, 6) is -1.68. The molecule has 0 spiro atoms. The topological polar surface area (TPSA) is 103 Å². The maximum absolute atomic E-state index is 15.0. The Hall–Kier alpha value is -4.41. The summed E-state index contributed by atoms with van der Waals surface area (Å²) < 4.78 is 62.4. The summed E-state index contributed by atoms with van der Waals surface area (Å²) in [6.45, 7) is 0.